The standard InChI is InChI=1S/C32H49N5O7Si2/c1-20(38)34-30-35-26-23(28(40)37(30)27(39)21-16-14-13-15-17-21)33-19-36(26)29-25(44-46(11,12)32(5,6)7)24(41-8)22(43-29)18-42-45(9,10)31(2,3)4/h13-17,19,22,24-25,29H,18H2,1-12H3,(H,34,35,38)/t22-,24-,25-,29-/m1/s1. The van der Waals surface area contributed by atoms with E-state index in [0.717, 1.165) is 4.57 Å². The van der Waals surface area contributed by atoms with E-state index >= 15 is 0 Å². The quantitative estimate of drug-likeness (QED) is 0.290. The normalized spacial score (nSPS) is 21.1. The maximum atomic E-state index is 13.9. The number of nitrogens with one attached hydrogen (secondary N) is 1. The fourth-order valence-electron chi connectivity index (χ4n) is 4.80. The van der Waals surface area contributed by atoms with Crippen LogP contribution in [0.3, 0.4) is 0 Å². The number of ether oxygens (including phenoxy) is 2. The molecular weight excluding hydrogens is 623 g/mol. The highest BCUT2D eigenvalue weighted by molar-refractivity contribution is 6.74. The number of benzene rings is 1. The number of rotatable bonds is 9. The minimum atomic E-state index is -2.39. The van der Waals surface area contributed by atoms with Gasteiger partial charge in [0.05, 0.1) is 12.9 Å². The average Bonchev–Trinajstić information content (AvgIpc) is 3.51. The maximum absolute atomic E-state index is 13.9. The Morgan fingerprint density at radius 2 is 1.59 bits per heavy atom. The van der Waals surface area contributed by atoms with Crippen LogP contribution in [-0.2, 0) is 23.1 Å². The average molecular weight is 672 g/mol. The van der Waals surface area contributed by atoms with E-state index in [1.807, 2.05) is 0 Å². The number of fused-ring (bicyclic) bond motifs is 1. The van der Waals surface area contributed by atoms with Crippen molar-refractivity contribution in [2.45, 2.75) is 109 Å². The lowest BCUT2D eigenvalue weighted by Gasteiger charge is -2.40. The van der Waals surface area contributed by atoms with Gasteiger partial charge in [0.2, 0.25) is 11.9 Å². The van der Waals surface area contributed by atoms with E-state index in [0.29, 0.717) is 6.61 Å². The number of hydrogen-bond acceptors (Lipinski definition) is 9. The Labute approximate surface area is 273 Å². The maximum Gasteiger partial charge on any atom is 0.290 e. The summed E-state index contributed by atoms with van der Waals surface area (Å²) >= 11 is 0. The summed E-state index contributed by atoms with van der Waals surface area (Å²) in [5, 5.41) is 2.43. The molecule has 0 spiro atoms. The van der Waals surface area contributed by atoms with Gasteiger partial charge in [-0.15, -0.1) is 0 Å². The van der Waals surface area contributed by atoms with Crippen LogP contribution >= 0.6 is 0 Å². The Kier molecular flexibility index (Phi) is 10.0. The minimum Gasteiger partial charge on any atom is -0.414 e. The van der Waals surface area contributed by atoms with Crippen molar-refractivity contribution >= 4 is 45.6 Å². The van der Waals surface area contributed by atoms with Crippen molar-refractivity contribution in [2.24, 2.45) is 0 Å². The summed E-state index contributed by atoms with van der Waals surface area (Å²) in [6, 6.07) is 8.31. The summed E-state index contributed by atoms with van der Waals surface area (Å²) in [6.45, 7) is 23.3. The molecule has 0 saturated carbocycles. The highest BCUT2D eigenvalue weighted by Gasteiger charge is 2.52. The SMILES string of the molecule is CO[C@H]1[C@@H](O[Si](C)(C)C(C)(C)C)[C@H](n2cnc3c(=O)n(C(=O)c4ccccc4)c(NC(C)=O)nc32)O[C@@H]1CO[Si](C)(C)C(C)(C)C. The molecule has 4 atom stereocenters. The topological polar surface area (TPSA) is 136 Å². The second-order valence-electron chi connectivity index (χ2n) is 14.9. The van der Waals surface area contributed by atoms with Gasteiger partial charge < -0.3 is 18.3 Å². The van der Waals surface area contributed by atoms with Crippen LogP contribution in [-0.4, -0.2) is 79.6 Å². The van der Waals surface area contributed by atoms with Gasteiger partial charge in [0.1, 0.15) is 18.3 Å². The molecule has 3 heterocycles. The zero-order valence-electron chi connectivity index (χ0n) is 29.1. The number of hydrogen-bond donors (Lipinski definition) is 1. The Hall–Kier alpha value is -3.02. The second-order valence-corrected chi connectivity index (χ2v) is 24.5. The van der Waals surface area contributed by atoms with Gasteiger partial charge in [0.15, 0.2) is 34.0 Å². The summed E-state index contributed by atoms with van der Waals surface area (Å²) in [6.07, 6.45) is -0.933. The smallest absolute Gasteiger partial charge is 0.290 e. The summed E-state index contributed by atoms with van der Waals surface area (Å²) < 4.78 is 28.8. The van der Waals surface area contributed by atoms with E-state index in [-0.39, 0.29) is 32.8 Å². The van der Waals surface area contributed by atoms with Crippen molar-refractivity contribution in [3.05, 3.63) is 52.6 Å². The van der Waals surface area contributed by atoms with Crippen molar-refractivity contribution in [3.63, 3.8) is 0 Å². The third-order valence-electron chi connectivity index (χ3n) is 9.59. The lowest BCUT2D eigenvalue weighted by molar-refractivity contribution is -0.114. The van der Waals surface area contributed by atoms with Gasteiger partial charge in [-0.1, -0.05) is 59.7 Å². The van der Waals surface area contributed by atoms with Gasteiger partial charge in [-0.3, -0.25) is 24.3 Å². The molecule has 12 nitrogen and oxygen atoms in total. The summed E-state index contributed by atoms with van der Waals surface area (Å²) in [7, 11) is -2.89. The molecule has 2 aromatic heterocycles. The van der Waals surface area contributed by atoms with Crippen LogP contribution in [0.4, 0.5) is 5.95 Å². The second kappa shape index (κ2) is 12.9. The van der Waals surface area contributed by atoms with Gasteiger partial charge in [-0.25, -0.2) is 9.55 Å². The van der Waals surface area contributed by atoms with Crippen LogP contribution in [0.1, 0.15) is 65.1 Å². The number of carbonyl (C=O) groups is 2. The third-order valence-corrected chi connectivity index (χ3v) is 18.6. The Bertz CT molecular complexity index is 1640. The summed E-state index contributed by atoms with van der Waals surface area (Å²) in [4.78, 5) is 48.6. The van der Waals surface area contributed by atoms with Gasteiger partial charge >= 0.3 is 0 Å². The van der Waals surface area contributed by atoms with Crippen molar-refractivity contribution in [1.29, 1.82) is 0 Å². The van der Waals surface area contributed by atoms with Crippen LogP contribution in [0, 0.1) is 0 Å². The summed E-state index contributed by atoms with van der Waals surface area (Å²) in [5.74, 6) is -1.36. The first kappa shape index (κ1) is 35.8. The molecule has 0 radical (unpaired) electrons. The van der Waals surface area contributed by atoms with Crippen molar-refractivity contribution in [2.75, 3.05) is 19.0 Å². The molecule has 1 fully saturated rings. The van der Waals surface area contributed by atoms with E-state index in [4.69, 9.17) is 18.3 Å². The number of carbonyl (C=O) groups excluding carboxylic acids is 2. The molecule has 46 heavy (non-hydrogen) atoms. The number of amides is 1. The minimum absolute atomic E-state index is 0.00766. The molecule has 0 bridgehead atoms. The first-order chi connectivity index (χ1) is 21.2. The van der Waals surface area contributed by atoms with Crippen LogP contribution in [0.25, 0.3) is 11.2 Å². The van der Waals surface area contributed by atoms with Crippen LogP contribution in [0.15, 0.2) is 41.5 Å². The molecule has 1 aromatic carbocycles. The van der Waals surface area contributed by atoms with Crippen molar-refractivity contribution < 1.29 is 27.9 Å². The largest absolute Gasteiger partial charge is 0.414 e. The lowest BCUT2D eigenvalue weighted by atomic mass is 10.1. The predicted octanol–water partition coefficient (Wildman–Crippen LogP) is 5.56. The van der Waals surface area contributed by atoms with Crippen LogP contribution < -0.4 is 10.9 Å². The van der Waals surface area contributed by atoms with Crippen molar-refractivity contribution in [3.8, 4) is 0 Å². The van der Waals surface area contributed by atoms with Crippen molar-refractivity contribution in [1.82, 2.24) is 19.1 Å². The number of imidazole rings is 1. The number of nitrogens with zero attached hydrogens (tertiary/aromatic N) is 4. The highest BCUT2D eigenvalue weighted by Crippen LogP contribution is 2.44. The Morgan fingerprint density at radius 1 is 0.978 bits per heavy atom. The lowest BCUT2D eigenvalue weighted by Crippen LogP contribution is -2.50. The highest BCUT2D eigenvalue weighted by atomic mass is 28.4. The molecule has 1 aliphatic heterocycles. The molecule has 0 unspecified atom stereocenters. The number of anilines is 1. The number of methoxy groups -OCH3 is 1. The molecule has 3 aromatic rings. The molecular formula is C32H49N5O7Si2. The Balaban J connectivity index is 1.85. The van der Waals surface area contributed by atoms with E-state index in [1.54, 1.807) is 42.0 Å². The third kappa shape index (κ3) is 6.97. The van der Waals surface area contributed by atoms with E-state index in [9.17, 15) is 14.4 Å². The van der Waals surface area contributed by atoms with E-state index < -0.39 is 58.5 Å². The molecule has 252 valence electrons. The van der Waals surface area contributed by atoms with Gasteiger partial charge in [-0.2, -0.15) is 4.98 Å². The number of aromatic nitrogens is 4. The molecule has 4 rings (SSSR count). The first-order valence-corrected chi connectivity index (χ1v) is 21.4. The molecule has 1 saturated heterocycles. The monoisotopic (exact) mass is 671 g/mol. The van der Waals surface area contributed by atoms with E-state index in [2.05, 4.69) is 83.0 Å². The van der Waals surface area contributed by atoms with Gasteiger partial charge in [-0.05, 0) is 48.4 Å². The molecule has 1 N–H and O–H groups in total. The zero-order chi connectivity index (χ0) is 34.4. The summed E-state index contributed by atoms with van der Waals surface area (Å²) in [5.41, 5.74) is -0.378. The fourth-order valence-corrected chi connectivity index (χ4v) is 7.09. The fraction of sp³-hybridized carbons (Fsp3) is 0.594. The molecule has 14 heteroatoms. The first-order valence-electron chi connectivity index (χ1n) is 15.6. The molecule has 0 aliphatic carbocycles. The van der Waals surface area contributed by atoms with E-state index in [1.165, 1.54) is 13.3 Å². The van der Waals surface area contributed by atoms with Crippen LogP contribution in [0.2, 0.25) is 36.3 Å². The zero-order valence-corrected chi connectivity index (χ0v) is 31.1. The Morgan fingerprint density at radius 3 is 2.13 bits per heavy atom. The molecule has 1 aliphatic rings. The van der Waals surface area contributed by atoms with Gasteiger partial charge in [0, 0.05) is 19.6 Å². The van der Waals surface area contributed by atoms with Gasteiger partial charge in [0.25, 0.3) is 11.5 Å². The molecule has 1 amide bonds. The predicted molar refractivity (Wildman–Crippen MR) is 182 cm³/mol. The van der Waals surface area contributed by atoms with Crippen LogP contribution in [0.5, 0.6) is 0 Å².